The molecule has 0 saturated carbocycles. The Morgan fingerprint density at radius 3 is 2.70 bits per heavy atom. The molecule has 0 atom stereocenters. The highest BCUT2D eigenvalue weighted by Gasteiger charge is 2.11. The zero-order chi connectivity index (χ0) is 14.3. The fraction of sp³-hybridized carbons (Fsp3) is 0.133. The van der Waals surface area contributed by atoms with E-state index in [1.807, 2.05) is 60.0 Å². The SMILES string of the molecule is CN(C)c1cccc(-n2c(N)nc3ccc(Cl)cc32)c1. The summed E-state index contributed by atoms with van der Waals surface area (Å²) in [5, 5.41) is 0.669. The average molecular weight is 287 g/mol. The summed E-state index contributed by atoms with van der Waals surface area (Å²) in [7, 11) is 4.01. The summed E-state index contributed by atoms with van der Waals surface area (Å²) in [6.07, 6.45) is 0. The summed E-state index contributed by atoms with van der Waals surface area (Å²) in [5.41, 5.74) is 9.87. The van der Waals surface area contributed by atoms with Crippen molar-refractivity contribution < 1.29 is 0 Å². The van der Waals surface area contributed by atoms with Gasteiger partial charge in [0.25, 0.3) is 0 Å². The second kappa shape index (κ2) is 4.72. The van der Waals surface area contributed by atoms with E-state index in [0.717, 1.165) is 22.4 Å². The van der Waals surface area contributed by atoms with Crippen LogP contribution in [0.25, 0.3) is 16.7 Å². The Morgan fingerprint density at radius 1 is 1.15 bits per heavy atom. The van der Waals surface area contributed by atoms with Crippen molar-refractivity contribution in [2.24, 2.45) is 0 Å². The largest absolute Gasteiger partial charge is 0.378 e. The van der Waals surface area contributed by atoms with Gasteiger partial charge in [-0.1, -0.05) is 17.7 Å². The number of anilines is 2. The van der Waals surface area contributed by atoms with E-state index in [9.17, 15) is 0 Å². The Bertz CT molecular complexity index is 777. The highest BCUT2D eigenvalue weighted by molar-refractivity contribution is 6.31. The van der Waals surface area contributed by atoms with Gasteiger partial charge in [-0.2, -0.15) is 0 Å². The summed E-state index contributed by atoms with van der Waals surface area (Å²) >= 11 is 6.08. The summed E-state index contributed by atoms with van der Waals surface area (Å²) < 4.78 is 1.91. The standard InChI is InChI=1S/C15H15ClN4/c1-19(2)11-4-3-5-12(9-11)20-14-8-10(16)6-7-13(14)18-15(20)17/h3-9H,1-2H3,(H2,17,18). The van der Waals surface area contributed by atoms with Crippen LogP contribution < -0.4 is 10.6 Å². The Kier molecular flexibility index (Phi) is 3.03. The van der Waals surface area contributed by atoms with Crippen LogP contribution in [0.2, 0.25) is 5.02 Å². The van der Waals surface area contributed by atoms with Crippen molar-refractivity contribution in [1.82, 2.24) is 9.55 Å². The predicted octanol–water partition coefficient (Wildman–Crippen LogP) is 3.33. The number of halogens is 1. The van der Waals surface area contributed by atoms with Gasteiger partial charge >= 0.3 is 0 Å². The van der Waals surface area contributed by atoms with Gasteiger partial charge in [0.1, 0.15) is 0 Å². The first-order valence-electron chi connectivity index (χ1n) is 6.27. The molecule has 5 heteroatoms. The molecule has 0 spiro atoms. The zero-order valence-corrected chi connectivity index (χ0v) is 12.1. The smallest absolute Gasteiger partial charge is 0.205 e. The third-order valence-corrected chi connectivity index (χ3v) is 3.48. The fourth-order valence-corrected chi connectivity index (χ4v) is 2.42. The molecular weight excluding hydrogens is 272 g/mol. The van der Waals surface area contributed by atoms with Crippen LogP contribution in [0.4, 0.5) is 11.6 Å². The molecule has 0 fully saturated rings. The van der Waals surface area contributed by atoms with Crippen LogP contribution >= 0.6 is 11.6 Å². The van der Waals surface area contributed by atoms with Crippen LogP contribution in [0, 0.1) is 0 Å². The average Bonchev–Trinajstić information content (AvgIpc) is 2.74. The number of imidazole rings is 1. The number of fused-ring (bicyclic) bond motifs is 1. The molecule has 4 nitrogen and oxygen atoms in total. The third kappa shape index (κ3) is 2.08. The van der Waals surface area contributed by atoms with E-state index in [-0.39, 0.29) is 0 Å². The van der Waals surface area contributed by atoms with Gasteiger partial charge in [0.15, 0.2) is 0 Å². The molecule has 0 bridgehead atoms. The molecule has 0 aliphatic rings. The van der Waals surface area contributed by atoms with Crippen molar-refractivity contribution in [3.05, 3.63) is 47.5 Å². The Balaban J connectivity index is 2.26. The summed E-state index contributed by atoms with van der Waals surface area (Å²) in [4.78, 5) is 6.42. The van der Waals surface area contributed by atoms with E-state index < -0.39 is 0 Å². The first-order valence-corrected chi connectivity index (χ1v) is 6.65. The highest BCUT2D eigenvalue weighted by atomic mass is 35.5. The van der Waals surface area contributed by atoms with Crippen molar-refractivity contribution in [1.29, 1.82) is 0 Å². The van der Waals surface area contributed by atoms with E-state index in [0.29, 0.717) is 11.0 Å². The Hall–Kier alpha value is -2.20. The third-order valence-electron chi connectivity index (χ3n) is 3.25. The number of benzene rings is 2. The highest BCUT2D eigenvalue weighted by Crippen LogP contribution is 2.27. The molecule has 0 amide bonds. The van der Waals surface area contributed by atoms with Gasteiger partial charge in [-0.15, -0.1) is 0 Å². The summed E-state index contributed by atoms with van der Waals surface area (Å²) in [6.45, 7) is 0. The van der Waals surface area contributed by atoms with Gasteiger partial charge in [-0.25, -0.2) is 4.98 Å². The molecule has 2 N–H and O–H groups in total. The van der Waals surface area contributed by atoms with Gasteiger partial charge in [0.2, 0.25) is 5.95 Å². The molecular formula is C15H15ClN4. The molecule has 20 heavy (non-hydrogen) atoms. The lowest BCUT2D eigenvalue weighted by atomic mass is 10.2. The fourth-order valence-electron chi connectivity index (χ4n) is 2.25. The Labute approximate surface area is 122 Å². The topological polar surface area (TPSA) is 47.1 Å². The number of hydrogen-bond donors (Lipinski definition) is 1. The van der Waals surface area contributed by atoms with Crippen molar-refractivity contribution in [3.63, 3.8) is 0 Å². The minimum absolute atomic E-state index is 0.457. The van der Waals surface area contributed by atoms with Crippen molar-refractivity contribution in [3.8, 4) is 5.69 Å². The molecule has 1 heterocycles. The number of aromatic nitrogens is 2. The van der Waals surface area contributed by atoms with Crippen LogP contribution in [0.5, 0.6) is 0 Å². The summed E-state index contributed by atoms with van der Waals surface area (Å²) in [6, 6.07) is 13.7. The van der Waals surface area contributed by atoms with Gasteiger partial charge < -0.3 is 10.6 Å². The maximum absolute atomic E-state index is 6.08. The van der Waals surface area contributed by atoms with Gasteiger partial charge in [-0.05, 0) is 36.4 Å². The number of nitrogens with two attached hydrogens (primary N) is 1. The van der Waals surface area contributed by atoms with E-state index in [2.05, 4.69) is 11.1 Å². The lowest BCUT2D eigenvalue weighted by Gasteiger charge is -2.14. The first-order chi connectivity index (χ1) is 9.56. The molecule has 3 aromatic rings. The van der Waals surface area contributed by atoms with Crippen LogP contribution in [0.1, 0.15) is 0 Å². The molecule has 0 radical (unpaired) electrons. The van der Waals surface area contributed by atoms with Crippen molar-refractivity contribution in [2.75, 3.05) is 24.7 Å². The van der Waals surface area contributed by atoms with E-state index in [4.69, 9.17) is 17.3 Å². The van der Waals surface area contributed by atoms with Gasteiger partial charge in [0, 0.05) is 24.8 Å². The number of nitrogen functional groups attached to an aromatic ring is 1. The number of rotatable bonds is 2. The number of nitrogens with zero attached hydrogens (tertiary/aromatic N) is 3. The lowest BCUT2D eigenvalue weighted by Crippen LogP contribution is -2.09. The Morgan fingerprint density at radius 2 is 1.95 bits per heavy atom. The maximum atomic E-state index is 6.08. The van der Waals surface area contributed by atoms with Crippen molar-refractivity contribution >= 4 is 34.3 Å². The minimum Gasteiger partial charge on any atom is -0.378 e. The van der Waals surface area contributed by atoms with Crippen molar-refractivity contribution in [2.45, 2.75) is 0 Å². The lowest BCUT2D eigenvalue weighted by molar-refractivity contribution is 1.09. The van der Waals surface area contributed by atoms with Crippen LogP contribution in [0.3, 0.4) is 0 Å². The minimum atomic E-state index is 0.457. The number of hydrogen-bond acceptors (Lipinski definition) is 3. The predicted molar refractivity (Wildman–Crippen MR) is 84.8 cm³/mol. The second-order valence-corrected chi connectivity index (χ2v) is 5.29. The van der Waals surface area contributed by atoms with Gasteiger partial charge in [0.05, 0.1) is 16.7 Å². The van der Waals surface area contributed by atoms with E-state index in [1.165, 1.54) is 0 Å². The van der Waals surface area contributed by atoms with Crippen LogP contribution in [0.15, 0.2) is 42.5 Å². The second-order valence-electron chi connectivity index (χ2n) is 4.85. The normalized spacial score (nSPS) is 10.9. The molecule has 102 valence electrons. The molecule has 2 aromatic carbocycles. The maximum Gasteiger partial charge on any atom is 0.205 e. The summed E-state index contributed by atoms with van der Waals surface area (Å²) in [5.74, 6) is 0.457. The van der Waals surface area contributed by atoms with Crippen LogP contribution in [-0.4, -0.2) is 23.6 Å². The molecule has 1 aromatic heterocycles. The first kappa shape index (κ1) is 12.8. The van der Waals surface area contributed by atoms with E-state index >= 15 is 0 Å². The van der Waals surface area contributed by atoms with E-state index in [1.54, 1.807) is 0 Å². The quantitative estimate of drug-likeness (QED) is 0.786. The van der Waals surface area contributed by atoms with Crippen LogP contribution in [-0.2, 0) is 0 Å². The monoisotopic (exact) mass is 286 g/mol. The molecule has 0 saturated heterocycles. The molecule has 3 rings (SSSR count). The molecule has 0 aliphatic carbocycles. The van der Waals surface area contributed by atoms with Gasteiger partial charge in [-0.3, -0.25) is 4.57 Å². The molecule has 0 aliphatic heterocycles. The zero-order valence-electron chi connectivity index (χ0n) is 11.3. The molecule has 0 unspecified atom stereocenters.